The number of hydrogen-bond donors (Lipinski definition) is 3. The first kappa shape index (κ1) is 12.0. The lowest BCUT2D eigenvalue weighted by molar-refractivity contribution is -0.433. The van der Waals surface area contributed by atoms with Crippen molar-refractivity contribution in [1.29, 1.82) is 0 Å². The molecule has 1 amide bonds. The van der Waals surface area contributed by atoms with Crippen LogP contribution in [0.2, 0.25) is 0 Å². The zero-order valence-electron chi connectivity index (χ0n) is 9.94. The van der Waals surface area contributed by atoms with Crippen LogP contribution in [0.1, 0.15) is 13.3 Å². The molecular weight excluding hydrogens is 240 g/mol. The molecule has 0 aromatic heterocycles. The van der Waals surface area contributed by atoms with Crippen LogP contribution in [0.5, 0.6) is 0 Å². The summed E-state index contributed by atoms with van der Waals surface area (Å²) < 4.78 is 11.0. The number of aliphatic hydroxyl groups excluding tert-OH is 1. The van der Waals surface area contributed by atoms with E-state index in [-0.39, 0.29) is 25.0 Å². The van der Waals surface area contributed by atoms with E-state index in [2.05, 4.69) is 4.99 Å². The molecule has 7 nitrogen and oxygen atoms in total. The number of aliphatic hydroxyl groups is 2. The Labute approximate surface area is 104 Å². The summed E-state index contributed by atoms with van der Waals surface area (Å²) in [4.78, 5) is 15.0. The van der Waals surface area contributed by atoms with Crippen molar-refractivity contribution in [3.63, 3.8) is 0 Å². The van der Waals surface area contributed by atoms with Gasteiger partial charge in [-0.15, -0.1) is 0 Å². The van der Waals surface area contributed by atoms with Gasteiger partial charge in [0.05, 0.1) is 18.4 Å². The monoisotopic (exact) mass is 256 g/mol. The topological polar surface area (TPSA) is 114 Å². The van der Waals surface area contributed by atoms with Crippen molar-refractivity contribution >= 4 is 12.1 Å². The van der Waals surface area contributed by atoms with Gasteiger partial charge in [0.15, 0.2) is 12.0 Å². The number of nitrogens with two attached hydrogens (primary N) is 1. The van der Waals surface area contributed by atoms with E-state index in [4.69, 9.17) is 15.2 Å². The number of carbonyl (C=O) groups is 1. The van der Waals surface area contributed by atoms with Gasteiger partial charge in [0.25, 0.3) is 0 Å². The van der Waals surface area contributed by atoms with Crippen LogP contribution >= 0.6 is 0 Å². The van der Waals surface area contributed by atoms with Crippen LogP contribution in [0.15, 0.2) is 4.99 Å². The van der Waals surface area contributed by atoms with Gasteiger partial charge in [0.1, 0.15) is 11.7 Å². The average molecular weight is 256 g/mol. The molecule has 6 unspecified atom stereocenters. The molecule has 1 saturated carbocycles. The molecule has 100 valence electrons. The van der Waals surface area contributed by atoms with Gasteiger partial charge in [-0.25, -0.2) is 0 Å². The first-order valence-electron chi connectivity index (χ1n) is 5.93. The van der Waals surface area contributed by atoms with Crippen LogP contribution < -0.4 is 5.73 Å². The second-order valence-electron chi connectivity index (χ2n) is 5.30. The normalized spacial score (nSPS) is 50.5. The molecule has 7 heteroatoms. The smallest absolute Gasteiger partial charge is 0.225 e. The van der Waals surface area contributed by atoms with Crippen LogP contribution in [0, 0.1) is 11.8 Å². The van der Waals surface area contributed by atoms with Crippen molar-refractivity contribution in [2.45, 2.75) is 37.1 Å². The van der Waals surface area contributed by atoms with E-state index in [0.29, 0.717) is 0 Å². The summed E-state index contributed by atoms with van der Waals surface area (Å²) in [5, 5.41) is 19.3. The van der Waals surface area contributed by atoms with Crippen molar-refractivity contribution in [3.05, 3.63) is 0 Å². The van der Waals surface area contributed by atoms with E-state index < -0.39 is 29.4 Å². The molecule has 3 fully saturated rings. The number of nitrogens with zero attached hydrogens (tertiary/aromatic N) is 1. The first-order valence-corrected chi connectivity index (χ1v) is 5.93. The Hall–Kier alpha value is -1.02. The quantitative estimate of drug-likeness (QED) is 0.523. The number of carbonyl (C=O) groups excluding carboxylic acids is 1. The second kappa shape index (κ2) is 3.51. The summed E-state index contributed by atoms with van der Waals surface area (Å²) in [6.45, 7) is 1.46. The largest absolute Gasteiger partial charge is 0.393 e. The first-order chi connectivity index (χ1) is 8.42. The van der Waals surface area contributed by atoms with E-state index in [9.17, 15) is 15.0 Å². The van der Waals surface area contributed by atoms with Crippen LogP contribution in [-0.4, -0.2) is 52.7 Å². The SMILES string of the molecule is CC(C=NC1OC2(CO)CC3(O)OC1C32)C(N)=O. The van der Waals surface area contributed by atoms with Crippen molar-refractivity contribution in [2.24, 2.45) is 22.6 Å². The van der Waals surface area contributed by atoms with Gasteiger partial charge in [-0.3, -0.25) is 9.79 Å². The van der Waals surface area contributed by atoms with Gasteiger partial charge in [-0.05, 0) is 6.92 Å². The molecule has 0 radical (unpaired) electrons. The van der Waals surface area contributed by atoms with Gasteiger partial charge in [-0.1, -0.05) is 0 Å². The van der Waals surface area contributed by atoms with Crippen LogP contribution in [0.3, 0.4) is 0 Å². The standard InChI is InChI=1S/C11H16N2O5/c1-5(8(12)15)2-13-9-6-7-10(4-14,18-9)3-11(7,16)17-6/h2,5-7,9,14,16H,3-4H2,1H3,(H2,12,15). The fourth-order valence-corrected chi connectivity index (χ4v) is 3.07. The average Bonchev–Trinajstić information content (AvgIpc) is 2.41. The highest BCUT2D eigenvalue weighted by Gasteiger charge is 2.81. The minimum Gasteiger partial charge on any atom is -0.393 e. The third-order valence-corrected chi connectivity index (χ3v) is 4.08. The highest BCUT2D eigenvalue weighted by molar-refractivity contribution is 5.91. The predicted molar refractivity (Wildman–Crippen MR) is 59.5 cm³/mol. The number of ether oxygens (including phenoxy) is 2. The third kappa shape index (κ3) is 1.33. The van der Waals surface area contributed by atoms with E-state index in [1.807, 2.05) is 0 Å². The van der Waals surface area contributed by atoms with Crippen LogP contribution in [-0.2, 0) is 14.3 Å². The van der Waals surface area contributed by atoms with E-state index in [1.165, 1.54) is 6.21 Å². The minimum absolute atomic E-state index is 0.169. The molecular formula is C11H16N2O5. The number of amides is 1. The lowest BCUT2D eigenvalue weighted by Crippen LogP contribution is -2.77. The van der Waals surface area contributed by atoms with Crippen molar-refractivity contribution in [2.75, 3.05) is 6.61 Å². The summed E-state index contributed by atoms with van der Waals surface area (Å²) in [6, 6.07) is 0. The lowest BCUT2D eigenvalue weighted by Gasteiger charge is -2.62. The number of primary amides is 1. The maximum Gasteiger partial charge on any atom is 0.225 e. The minimum atomic E-state index is -1.16. The Morgan fingerprint density at radius 2 is 2.39 bits per heavy atom. The molecule has 0 bridgehead atoms. The molecule has 2 aliphatic heterocycles. The summed E-state index contributed by atoms with van der Waals surface area (Å²) in [7, 11) is 0. The molecule has 4 N–H and O–H groups in total. The molecule has 2 heterocycles. The molecule has 0 aromatic rings. The van der Waals surface area contributed by atoms with Gasteiger partial charge < -0.3 is 25.4 Å². The molecule has 3 aliphatic rings. The molecule has 18 heavy (non-hydrogen) atoms. The summed E-state index contributed by atoms with van der Waals surface area (Å²) >= 11 is 0. The molecule has 3 rings (SSSR count). The van der Waals surface area contributed by atoms with Crippen LogP contribution in [0.25, 0.3) is 0 Å². The maximum absolute atomic E-state index is 10.9. The molecule has 1 aliphatic carbocycles. The number of hydrogen-bond acceptors (Lipinski definition) is 6. The highest BCUT2D eigenvalue weighted by atomic mass is 16.7. The zero-order chi connectivity index (χ0) is 13.1. The zero-order valence-corrected chi connectivity index (χ0v) is 9.94. The maximum atomic E-state index is 10.9. The van der Waals surface area contributed by atoms with E-state index in [0.717, 1.165) is 0 Å². The van der Waals surface area contributed by atoms with Crippen molar-refractivity contribution in [3.8, 4) is 0 Å². The van der Waals surface area contributed by atoms with Gasteiger partial charge >= 0.3 is 0 Å². The molecule has 6 atom stereocenters. The summed E-state index contributed by atoms with van der Waals surface area (Å²) in [5.41, 5.74) is 4.38. The Balaban J connectivity index is 1.72. The second-order valence-corrected chi connectivity index (χ2v) is 5.30. The third-order valence-electron chi connectivity index (χ3n) is 4.08. The predicted octanol–water partition coefficient (Wildman–Crippen LogP) is -1.63. The Morgan fingerprint density at radius 3 is 2.89 bits per heavy atom. The van der Waals surface area contributed by atoms with E-state index >= 15 is 0 Å². The fourth-order valence-electron chi connectivity index (χ4n) is 3.07. The molecule has 0 spiro atoms. The van der Waals surface area contributed by atoms with Crippen molar-refractivity contribution < 1.29 is 24.5 Å². The summed E-state index contributed by atoms with van der Waals surface area (Å²) in [5.74, 6) is -2.35. The number of aliphatic imine (C=N–C) groups is 1. The summed E-state index contributed by atoms with van der Waals surface area (Å²) in [6.07, 6.45) is 0.734. The van der Waals surface area contributed by atoms with Gasteiger partial charge in [0, 0.05) is 12.6 Å². The Kier molecular flexibility index (Phi) is 2.34. The van der Waals surface area contributed by atoms with Crippen molar-refractivity contribution in [1.82, 2.24) is 0 Å². The highest BCUT2D eigenvalue weighted by Crippen LogP contribution is 2.65. The van der Waals surface area contributed by atoms with E-state index in [1.54, 1.807) is 6.92 Å². The molecule has 0 aromatic carbocycles. The Morgan fingerprint density at radius 1 is 1.67 bits per heavy atom. The fraction of sp³-hybridized carbons (Fsp3) is 0.818. The lowest BCUT2D eigenvalue weighted by atomic mass is 9.59. The molecule has 2 saturated heterocycles. The van der Waals surface area contributed by atoms with Gasteiger partial charge in [0.2, 0.25) is 5.91 Å². The van der Waals surface area contributed by atoms with Crippen LogP contribution in [0.4, 0.5) is 0 Å². The van der Waals surface area contributed by atoms with Gasteiger partial charge in [-0.2, -0.15) is 0 Å². The Bertz CT molecular complexity index is 428. The number of rotatable bonds is 4.